The maximum atomic E-state index is 6.22. The quantitative estimate of drug-likeness (QED) is 0.485. The van der Waals surface area contributed by atoms with Gasteiger partial charge in [-0.2, -0.15) is 0 Å². The molecular formula is C23H24ClNO3. The van der Waals surface area contributed by atoms with Gasteiger partial charge in [0.05, 0.1) is 18.7 Å². The van der Waals surface area contributed by atoms with Crippen molar-refractivity contribution in [2.24, 2.45) is 0 Å². The lowest BCUT2D eigenvalue weighted by atomic mass is 10.1. The molecule has 0 fully saturated rings. The Labute approximate surface area is 171 Å². The molecule has 0 saturated carbocycles. The second-order valence-corrected chi connectivity index (χ2v) is 6.56. The zero-order chi connectivity index (χ0) is 19.8. The minimum atomic E-state index is 0.478. The van der Waals surface area contributed by atoms with E-state index in [0.717, 1.165) is 28.3 Å². The summed E-state index contributed by atoms with van der Waals surface area (Å²) in [6, 6.07) is 21.6. The molecular weight excluding hydrogens is 374 g/mol. The topological polar surface area (TPSA) is 39.7 Å². The van der Waals surface area contributed by atoms with E-state index < -0.39 is 0 Å². The minimum Gasteiger partial charge on any atom is -0.495 e. The van der Waals surface area contributed by atoms with Gasteiger partial charge in [-0.15, -0.1) is 0 Å². The van der Waals surface area contributed by atoms with E-state index >= 15 is 0 Å². The number of anilines is 1. The molecule has 1 N–H and O–H groups in total. The van der Waals surface area contributed by atoms with Gasteiger partial charge in [0.2, 0.25) is 0 Å². The van der Waals surface area contributed by atoms with Crippen LogP contribution < -0.4 is 19.5 Å². The third-order valence-electron chi connectivity index (χ3n) is 4.22. The SMILES string of the molecule is CCOc1cccc(CNc2ccc(OC)c(Cl)c2)c1OCc1ccccc1. The standard InChI is InChI=1S/C23H24ClNO3/c1-3-27-22-11-7-10-18(23(22)28-16-17-8-5-4-6-9-17)15-25-19-12-13-21(26-2)20(24)14-19/h4-14,25H,3,15-16H2,1-2H3. The highest BCUT2D eigenvalue weighted by Crippen LogP contribution is 2.33. The molecule has 0 aliphatic carbocycles. The Bertz CT molecular complexity index is 900. The molecule has 0 aliphatic heterocycles. The Hall–Kier alpha value is -2.85. The van der Waals surface area contributed by atoms with Crippen molar-refractivity contribution < 1.29 is 14.2 Å². The van der Waals surface area contributed by atoms with Gasteiger partial charge in [0.15, 0.2) is 11.5 Å². The van der Waals surface area contributed by atoms with E-state index in [-0.39, 0.29) is 0 Å². The summed E-state index contributed by atoms with van der Waals surface area (Å²) in [5.41, 5.74) is 3.02. The second-order valence-electron chi connectivity index (χ2n) is 6.15. The van der Waals surface area contributed by atoms with Crippen molar-refractivity contribution in [1.29, 1.82) is 0 Å². The van der Waals surface area contributed by atoms with Crippen molar-refractivity contribution in [2.75, 3.05) is 19.0 Å². The summed E-state index contributed by atoms with van der Waals surface area (Å²) < 4.78 is 17.1. The van der Waals surface area contributed by atoms with Crippen molar-refractivity contribution in [3.05, 3.63) is 82.9 Å². The van der Waals surface area contributed by atoms with Crippen LogP contribution in [0.25, 0.3) is 0 Å². The molecule has 146 valence electrons. The fourth-order valence-corrected chi connectivity index (χ4v) is 3.09. The van der Waals surface area contributed by atoms with Crippen LogP contribution >= 0.6 is 11.6 Å². The van der Waals surface area contributed by atoms with E-state index in [2.05, 4.69) is 5.32 Å². The second kappa shape index (κ2) is 9.90. The molecule has 3 aromatic rings. The number of methoxy groups -OCH3 is 1. The largest absolute Gasteiger partial charge is 0.495 e. The van der Waals surface area contributed by atoms with Gasteiger partial charge in [-0.25, -0.2) is 0 Å². The number of benzene rings is 3. The van der Waals surface area contributed by atoms with E-state index in [0.29, 0.717) is 30.5 Å². The number of ether oxygens (including phenoxy) is 3. The first-order chi connectivity index (χ1) is 13.7. The van der Waals surface area contributed by atoms with Crippen LogP contribution in [-0.2, 0) is 13.2 Å². The number of rotatable bonds is 9. The highest BCUT2D eigenvalue weighted by Gasteiger charge is 2.12. The van der Waals surface area contributed by atoms with Crippen LogP contribution in [0.4, 0.5) is 5.69 Å². The maximum absolute atomic E-state index is 6.22. The molecule has 3 aromatic carbocycles. The van der Waals surface area contributed by atoms with E-state index in [1.807, 2.05) is 73.7 Å². The Morgan fingerprint density at radius 2 is 1.71 bits per heavy atom. The molecule has 0 saturated heterocycles. The first-order valence-corrected chi connectivity index (χ1v) is 9.58. The van der Waals surface area contributed by atoms with Crippen molar-refractivity contribution in [3.8, 4) is 17.2 Å². The normalized spacial score (nSPS) is 10.4. The molecule has 0 radical (unpaired) electrons. The van der Waals surface area contributed by atoms with Crippen molar-refractivity contribution in [2.45, 2.75) is 20.1 Å². The summed E-state index contributed by atoms with van der Waals surface area (Å²) in [6.45, 7) is 3.60. The maximum Gasteiger partial charge on any atom is 0.166 e. The van der Waals surface area contributed by atoms with Crippen LogP contribution in [-0.4, -0.2) is 13.7 Å². The van der Waals surface area contributed by atoms with E-state index in [1.54, 1.807) is 7.11 Å². The number of para-hydroxylation sites is 1. The van der Waals surface area contributed by atoms with Crippen molar-refractivity contribution in [1.82, 2.24) is 0 Å². The molecule has 28 heavy (non-hydrogen) atoms. The Balaban J connectivity index is 1.77. The molecule has 5 heteroatoms. The predicted molar refractivity (Wildman–Crippen MR) is 114 cm³/mol. The van der Waals surface area contributed by atoms with Gasteiger partial charge in [-0.05, 0) is 36.8 Å². The average Bonchev–Trinajstić information content (AvgIpc) is 2.72. The highest BCUT2D eigenvalue weighted by molar-refractivity contribution is 6.32. The molecule has 0 aromatic heterocycles. The third-order valence-corrected chi connectivity index (χ3v) is 4.52. The fraction of sp³-hybridized carbons (Fsp3) is 0.217. The molecule has 0 spiro atoms. The lowest BCUT2D eigenvalue weighted by molar-refractivity contribution is 0.267. The molecule has 0 atom stereocenters. The number of hydrogen-bond donors (Lipinski definition) is 1. The van der Waals surface area contributed by atoms with Crippen LogP contribution in [0.15, 0.2) is 66.7 Å². The minimum absolute atomic E-state index is 0.478. The smallest absolute Gasteiger partial charge is 0.166 e. The van der Waals surface area contributed by atoms with Crippen LogP contribution in [0.5, 0.6) is 17.2 Å². The third kappa shape index (κ3) is 5.11. The van der Waals surface area contributed by atoms with E-state index in [9.17, 15) is 0 Å². The Morgan fingerprint density at radius 1 is 0.893 bits per heavy atom. The van der Waals surface area contributed by atoms with Crippen LogP contribution in [0.2, 0.25) is 5.02 Å². The van der Waals surface area contributed by atoms with Crippen molar-refractivity contribution in [3.63, 3.8) is 0 Å². The summed E-state index contributed by atoms with van der Waals surface area (Å²) in [4.78, 5) is 0. The monoisotopic (exact) mass is 397 g/mol. The molecule has 3 rings (SSSR count). The predicted octanol–water partition coefficient (Wildman–Crippen LogP) is 5.94. The highest BCUT2D eigenvalue weighted by atomic mass is 35.5. The zero-order valence-electron chi connectivity index (χ0n) is 16.1. The summed E-state index contributed by atoms with van der Waals surface area (Å²) in [7, 11) is 1.60. The number of nitrogens with one attached hydrogen (secondary N) is 1. The van der Waals surface area contributed by atoms with Crippen LogP contribution in [0.3, 0.4) is 0 Å². The van der Waals surface area contributed by atoms with E-state index in [1.165, 1.54) is 0 Å². The Kier molecular flexibility index (Phi) is 7.04. The summed E-state index contributed by atoms with van der Waals surface area (Å²) in [5.74, 6) is 2.14. The summed E-state index contributed by atoms with van der Waals surface area (Å²) in [5, 5.41) is 3.95. The molecule has 0 heterocycles. The Morgan fingerprint density at radius 3 is 2.43 bits per heavy atom. The van der Waals surface area contributed by atoms with Gasteiger partial charge >= 0.3 is 0 Å². The lowest BCUT2D eigenvalue weighted by Gasteiger charge is -2.17. The van der Waals surface area contributed by atoms with Gasteiger partial charge in [0.25, 0.3) is 0 Å². The fourth-order valence-electron chi connectivity index (χ4n) is 2.84. The van der Waals surface area contributed by atoms with Gasteiger partial charge in [0.1, 0.15) is 12.4 Å². The van der Waals surface area contributed by atoms with Crippen LogP contribution in [0, 0.1) is 0 Å². The molecule has 0 unspecified atom stereocenters. The molecule has 0 aliphatic rings. The average molecular weight is 398 g/mol. The van der Waals surface area contributed by atoms with Gasteiger partial charge in [-0.1, -0.05) is 54.1 Å². The zero-order valence-corrected chi connectivity index (χ0v) is 16.8. The van der Waals surface area contributed by atoms with Gasteiger partial charge < -0.3 is 19.5 Å². The number of halogens is 1. The molecule has 0 amide bonds. The van der Waals surface area contributed by atoms with E-state index in [4.69, 9.17) is 25.8 Å². The molecule has 4 nitrogen and oxygen atoms in total. The van der Waals surface area contributed by atoms with Gasteiger partial charge in [-0.3, -0.25) is 0 Å². The molecule has 0 bridgehead atoms. The number of hydrogen-bond acceptors (Lipinski definition) is 4. The summed E-state index contributed by atoms with van der Waals surface area (Å²) >= 11 is 6.22. The lowest BCUT2D eigenvalue weighted by Crippen LogP contribution is -2.06. The van der Waals surface area contributed by atoms with Gasteiger partial charge in [0, 0.05) is 17.8 Å². The van der Waals surface area contributed by atoms with Crippen LogP contribution in [0.1, 0.15) is 18.1 Å². The first-order valence-electron chi connectivity index (χ1n) is 9.20. The van der Waals surface area contributed by atoms with Crippen molar-refractivity contribution >= 4 is 17.3 Å². The summed E-state index contributed by atoms with van der Waals surface area (Å²) in [6.07, 6.45) is 0. The first kappa shape index (κ1) is 19.9.